The summed E-state index contributed by atoms with van der Waals surface area (Å²) in [5, 5.41) is 3.20. The highest BCUT2D eigenvalue weighted by molar-refractivity contribution is 5.76. The topological polar surface area (TPSA) is 32.3 Å². The number of carbonyl (C=O) groups is 1. The van der Waals surface area contributed by atoms with Gasteiger partial charge in [0.25, 0.3) is 0 Å². The van der Waals surface area contributed by atoms with Crippen molar-refractivity contribution in [1.82, 2.24) is 10.2 Å². The van der Waals surface area contributed by atoms with Crippen molar-refractivity contribution in [3.8, 4) is 0 Å². The summed E-state index contributed by atoms with van der Waals surface area (Å²) in [5.74, 6) is 3.30. The van der Waals surface area contributed by atoms with Crippen molar-refractivity contribution in [2.45, 2.75) is 125 Å². The largest absolute Gasteiger partial charge is 0.341 e. The van der Waals surface area contributed by atoms with Crippen LogP contribution in [-0.2, 0) is 4.79 Å². The molecule has 3 nitrogen and oxygen atoms in total. The van der Waals surface area contributed by atoms with Crippen molar-refractivity contribution in [1.29, 1.82) is 0 Å². The summed E-state index contributed by atoms with van der Waals surface area (Å²) in [6.45, 7) is 16.1. The summed E-state index contributed by atoms with van der Waals surface area (Å²) in [7, 11) is 0. The first-order valence-corrected chi connectivity index (χ1v) is 12.8. The van der Waals surface area contributed by atoms with Gasteiger partial charge in [0.15, 0.2) is 0 Å². The molecule has 1 N–H and O–H groups in total. The summed E-state index contributed by atoms with van der Waals surface area (Å²) < 4.78 is 0. The van der Waals surface area contributed by atoms with Gasteiger partial charge >= 0.3 is 0 Å². The van der Waals surface area contributed by atoms with E-state index >= 15 is 0 Å². The third kappa shape index (κ3) is 13.4. The first-order valence-electron chi connectivity index (χ1n) is 12.8. The van der Waals surface area contributed by atoms with Gasteiger partial charge < -0.3 is 5.32 Å². The van der Waals surface area contributed by atoms with E-state index in [-0.39, 0.29) is 12.1 Å². The molecule has 1 fully saturated rings. The van der Waals surface area contributed by atoms with Crippen LogP contribution in [0.1, 0.15) is 119 Å². The summed E-state index contributed by atoms with van der Waals surface area (Å²) >= 11 is 0. The molecule has 0 spiro atoms. The first-order chi connectivity index (χ1) is 13.8. The lowest BCUT2D eigenvalue weighted by Crippen LogP contribution is -2.45. The van der Waals surface area contributed by atoms with E-state index in [0.29, 0.717) is 12.3 Å². The molecule has 4 unspecified atom stereocenters. The predicted octanol–water partition coefficient (Wildman–Crippen LogP) is 7.01. The summed E-state index contributed by atoms with van der Waals surface area (Å²) in [4.78, 5) is 14.7. The molecule has 172 valence electrons. The van der Waals surface area contributed by atoms with Crippen LogP contribution in [0.3, 0.4) is 0 Å². The fraction of sp³-hybridized carbons (Fsp3) is 0.962. The number of carbonyl (C=O) groups excluding carboxylic acids is 1. The quantitative estimate of drug-likeness (QED) is 0.298. The fourth-order valence-electron chi connectivity index (χ4n) is 4.72. The molecule has 0 aromatic carbocycles. The second-order valence-electron chi connectivity index (χ2n) is 10.7. The van der Waals surface area contributed by atoms with Crippen LogP contribution < -0.4 is 5.32 Å². The molecular formula is C26H52N2O. The molecule has 1 rings (SSSR count). The molecule has 0 aromatic rings. The van der Waals surface area contributed by atoms with Gasteiger partial charge in [0.2, 0.25) is 5.91 Å². The number of hydrogen-bond donors (Lipinski definition) is 1. The second kappa shape index (κ2) is 15.3. The Morgan fingerprint density at radius 2 is 1.17 bits per heavy atom. The average molecular weight is 409 g/mol. The number of amides is 1. The highest BCUT2D eigenvalue weighted by Crippen LogP contribution is 2.22. The summed E-state index contributed by atoms with van der Waals surface area (Å²) in [6.07, 6.45) is 15.5. The minimum atomic E-state index is 0.199. The number of rotatable bonds is 16. The predicted molar refractivity (Wildman–Crippen MR) is 127 cm³/mol. The molecule has 0 aliphatic carbocycles. The minimum absolute atomic E-state index is 0.199. The monoisotopic (exact) mass is 408 g/mol. The lowest BCUT2D eigenvalue weighted by Gasteiger charge is -2.25. The van der Waals surface area contributed by atoms with E-state index in [0.717, 1.165) is 30.8 Å². The SMILES string of the molecule is CC(C)CCCC(C)CCCC(C)CCCC(C)CC(=O)NC(C)N1CCCC1. The number of likely N-dealkylation sites (tertiary alicyclic amines) is 1. The molecule has 29 heavy (non-hydrogen) atoms. The van der Waals surface area contributed by atoms with Crippen molar-refractivity contribution in [2.75, 3.05) is 13.1 Å². The van der Waals surface area contributed by atoms with Gasteiger partial charge in [0.05, 0.1) is 6.17 Å². The van der Waals surface area contributed by atoms with Crippen molar-refractivity contribution >= 4 is 5.91 Å². The molecule has 1 heterocycles. The second-order valence-corrected chi connectivity index (χ2v) is 10.7. The molecule has 4 atom stereocenters. The van der Waals surface area contributed by atoms with Crippen LogP contribution in [0.25, 0.3) is 0 Å². The van der Waals surface area contributed by atoms with Gasteiger partial charge in [0.1, 0.15) is 0 Å². The maximum atomic E-state index is 12.3. The number of nitrogens with one attached hydrogen (secondary N) is 1. The summed E-state index contributed by atoms with van der Waals surface area (Å²) in [5.41, 5.74) is 0. The van der Waals surface area contributed by atoms with Crippen LogP contribution in [0, 0.1) is 23.7 Å². The third-order valence-corrected chi connectivity index (χ3v) is 6.86. The van der Waals surface area contributed by atoms with Crippen molar-refractivity contribution in [3.05, 3.63) is 0 Å². The Hall–Kier alpha value is -0.570. The molecule has 1 amide bonds. The molecular weight excluding hydrogens is 356 g/mol. The lowest BCUT2D eigenvalue weighted by atomic mass is 9.90. The smallest absolute Gasteiger partial charge is 0.221 e. The van der Waals surface area contributed by atoms with Crippen LogP contribution in [0.5, 0.6) is 0 Å². The molecule has 0 aromatic heterocycles. The van der Waals surface area contributed by atoms with E-state index < -0.39 is 0 Å². The van der Waals surface area contributed by atoms with Gasteiger partial charge in [0, 0.05) is 19.5 Å². The van der Waals surface area contributed by atoms with E-state index in [9.17, 15) is 4.79 Å². The Balaban J connectivity index is 2.03. The van der Waals surface area contributed by atoms with Gasteiger partial charge in [-0.2, -0.15) is 0 Å². The number of hydrogen-bond acceptors (Lipinski definition) is 2. The Bertz CT molecular complexity index is 417. The van der Waals surface area contributed by atoms with E-state index in [2.05, 4.69) is 51.8 Å². The lowest BCUT2D eigenvalue weighted by molar-refractivity contribution is -0.123. The van der Waals surface area contributed by atoms with Gasteiger partial charge in [-0.3, -0.25) is 9.69 Å². The fourth-order valence-corrected chi connectivity index (χ4v) is 4.72. The Morgan fingerprint density at radius 1 is 0.724 bits per heavy atom. The van der Waals surface area contributed by atoms with Crippen LogP contribution in [0.4, 0.5) is 0 Å². The highest BCUT2D eigenvalue weighted by Gasteiger charge is 2.20. The highest BCUT2D eigenvalue weighted by atomic mass is 16.1. The molecule has 3 heteroatoms. The average Bonchev–Trinajstić information content (AvgIpc) is 3.16. The van der Waals surface area contributed by atoms with Crippen LogP contribution in [0.15, 0.2) is 0 Å². The zero-order valence-electron chi connectivity index (χ0n) is 20.6. The van der Waals surface area contributed by atoms with Crippen molar-refractivity contribution in [2.24, 2.45) is 23.7 Å². The van der Waals surface area contributed by atoms with Crippen LogP contribution in [-0.4, -0.2) is 30.1 Å². The minimum Gasteiger partial charge on any atom is -0.341 e. The molecule has 0 bridgehead atoms. The molecule has 1 saturated heterocycles. The van der Waals surface area contributed by atoms with E-state index in [1.807, 2.05) is 0 Å². The Kier molecular flexibility index (Phi) is 13.9. The van der Waals surface area contributed by atoms with Crippen molar-refractivity contribution in [3.63, 3.8) is 0 Å². The molecule has 1 aliphatic rings. The van der Waals surface area contributed by atoms with Gasteiger partial charge in [-0.15, -0.1) is 0 Å². The standard InChI is InChI=1S/C26H52N2O/c1-21(2)12-9-13-22(3)14-10-15-23(4)16-11-17-24(5)20-26(29)27-25(6)28-18-7-8-19-28/h21-25H,7-20H2,1-6H3,(H,27,29). The van der Waals surface area contributed by atoms with E-state index in [4.69, 9.17) is 0 Å². The zero-order chi connectivity index (χ0) is 21.6. The van der Waals surface area contributed by atoms with Crippen LogP contribution >= 0.6 is 0 Å². The van der Waals surface area contributed by atoms with Gasteiger partial charge in [-0.05, 0) is 43.4 Å². The molecule has 0 radical (unpaired) electrons. The van der Waals surface area contributed by atoms with Crippen molar-refractivity contribution < 1.29 is 4.79 Å². The zero-order valence-corrected chi connectivity index (χ0v) is 20.6. The number of nitrogens with zero attached hydrogens (tertiary/aromatic N) is 1. The maximum absolute atomic E-state index is 12.3. The Morgan fingerprint density at radius 3 is 1.66 bits per heavy atom. The van der Waals surface area contributed by atoms with Gasteiger partial charge in [-0.1, -0.05) is 92.4 Å². The third-order valence-electron chi connectivity index (χ3n) is 6.86. The molecule has 0 saturated carbocycles. The Labute approximate surface area is 182 Å². The first kappa shape index (κ1) is 26.5. The van der Waals surface area contributed by atoms with E-state index in [1.165, 1.54) is 70.6 Å². The maximum Gasteiger partial charge on any atom is 0.221 e. The van der Waals surface area contributed by atoms with Crippen LogP contribution in [0.2, 0.25) is 0 Å². The van der Waals surface area contributed by atoms with Gasteiger partial charge in [-0.25, -0.2) is 0 Å². The molecule has 1 aliphatic heterocycles. The summed E-state index contributed by atoms with van der Waals surface area (Å²) in [6, 6.07) is 0. The van der Waals surface area contributed by atoms with E-state index in [1.54, 1.807) is 0 Å². The normalized spacial score (nSPS) is 19.3.